The second-order valence-electron chi connectivity index (χ2n) is 0.224. The topological polar surface area (TPSA) is 97.7 Å². The van der Waals surface area contributed by atoms with Gasteiger partial charge in [-0.25, -0.2) is 0 Å². The fourth-order valence-corrected chi connectivity index (χ4v) is 0. The fraction of sp³-hybridized carbons (Fsp3) is 0. The average Bonchev–Trinajstić information content (AvgIpc) is 0.811. The van der Waals surface area contributed by atoms with E-state index in [0.29, 0.717) is 0 Å². The van der Waals surface area contributed by atoms with E-state index in [4.69, 9.17) is 15.3 Å². The molecule has 0 saturated carbocycles. The van der Waals surface area contributed by atoms with Gasteiger partial charge in [-0.05, 0) is 0 Å². The monoisotopic (exact) mass is 249 g/mol. The van der Waals surface area contributed by atoms with Crippen molar-refractivity contribution in [2.45, 2.75) is 0 Å². The van der Waals surface area contributed by atoms with Crippen molar-refractivity contribution < 1.29 is 47.4 Å². The number of rotatable bonds is 0. The van der Waals surface area contributed by atoms with Crippen molar-refractivity contribution in [3.8, 4) is 0 Å². The van der Waals surface area contributed by atoms with Crippen molar-refractivity contribution in [3.63, 3.8) is 0 Å². The quantitative estimate of drug-likeness (QED) is 0.404. The van der Waals surface area contributed by atoms with Crippen LogP contribution in [-0.4, -0.2) is 10.6 Å². The van der Waals surface area contributed by atoms with Crippen molar-refractivity contribution in [2.75, 3.05) is 0 Å². The van der Waals surface area contributed by atoms with Crippen LogP contribution in [0.1, 0.15) is 0 Å². The molecular weight excluding hydrogens is 247 g/mol. The maximum absolute atomic E-state index is 8.25. The molecule has 0 amide bonds. The van der Waals surface area contributed by atoms with Crippen molar-refractivity contribution in [2.24, 2.45) is 0 Å². The van der Waals surface area contributed by atoms with Crippen LogP contribution in [-0.2, 0) is 0 Å². The van der Waals surface area contributed by atoms with E-state index in [0.717, 1.165) is 0 Å². The molecule has 0 aliphatic heterocycles. The van der Waals surface area contributed by atoms with E-state index in [2.05, 4.69) is 0 Å². The van der Waals surface area contributed by atoms with Crippen LogP contribution in [0.15, 0.2) is 0 Å². The Labute approximate surface area is 62.6 Å². The summed E-state index contributed by atoms with van der Waals surface area (Å²) in [5.41, 5.74) is 0. The first-order chi connectivity index (χ1) is 1.73. The molecule has 0 bridgehead atoms. The van der Waals surface area contributed by atoms with Crippen LogP contribution < -0.4 is 0 Å². The van der Waals surface area contributed by atoms with Gasteiger partial charge in [-0.15, -0.1) is 0 Å². The molecule has 6 heteroatoms. The Hall–Kier alpha value is 0.394. The minimum Gasteiger partial charge on any atom is -0.412 e. The molecule has 0 aromatic heterocycles. The summed E-state index contributed by atoms with van der Waals surface area (Å²) in [6, 6.07) is 0. The van der Waals surface area contributed by atoms with Crippen LogP contribution >= 0.6 is 0 Å². The van der Waals surface area contributed by atoms with Gasteiger partial charge in [0.2, 0.25) is 0 Å². The van der Waals surface area contributed by atoms with Crippen molar-refractivity contribution in [1.82, 2.24) is 0 Å². The number of hydrogen-bond donors (Lipinski definition) is 0. The Morgan fingerprint density at radius 3 is 1.33 bits per heavy atom. The third-order valence-electron chi connectivity index (χ3n) is 0. The van der Waals surface area contributed by atoms with Gasteiger partial charge in [0, 0.05) is 36.9 Å². The van der Waals surface area contributed by atoms with Gasteiger partial charge >= 0.3 is 0 Å². The third-order valence-corrected chi connectivity index (χ3v) is 0. The first kappa shape index (κ1) is 16.2. The summed E-state index contributed by atoms with van der Waals surface area (Å²) >= 11 is 0. The molecule has 2 N–H and O–H groups in total. The smallest absolute Gasteiger partial charge is 0.0689 e. The zero-order chi connectivity index (χ0) is 3.58. The van der Waals surface area contributed by atoms with Crippen LogP contribution in [0.3, 0.4) is 0 Å². The van der Waals surface area contributed by atoms with E-state index in [1.807, 2.05) is 0 Å². The van der Waals surface area contributed by atoms with E-state index in [-0.39, 0.29) is 42.4 Å². The van der Waals surface area contributed by atoms with Gasteiger partial charge in [0.25, 0.3) is 0 Å². The predicted octanol–water partition coefficient (Wildman–Crippen LogP) is -1.06. The summed E-state index contributed by atoms with van der Waals surface area (Å²) < 4.78 is 0. The van der Waals surface area contributed by atoms with E-state index >= 15 is 0 Å². The van der Waals surface area contributed by atoms with Crippen molar-refractivity contribution >= 4 is 0 Å². The summed E-state index contributed by atoms with van der Waals surface area (Å²) in [4.78, 5) is 8.25. The largest absolute Gasteiger partial charge is 0.412 e. The molecule has 0 heterocycles. The predicted molar refractivity (Wildman–Crippen MR) is 14.0 cm³/mol. The molecule has 0 saturated heterocycles. The molecule has 6 heavy (non-hydrogen) atoms. The molecule has 0 aliphatic rings. The van der Waals surface area contributed by atoms with Crippen LogP contribution in [0.5, 0.6) is 0 Å². The SMILES string of the molecule is O.O=[N+]([O-])[O-].[Tm]. The van der Waals surface area contributed by atoms with E-state index < -0.39 is 5.09 Å². The zero-order valence-electron chi connectivity index (χ0n) is 2.45. The number of hydrogen-bond acceptors (Lipinski definition) is 3. The van der Waals surface area contributed by atoms with Gasteiger partial charge in [0.1, 0.15) is 0 Å². The molecule has 0 unspecified atom stereocenters. The Kier molecular flexibility index (Phi) is 24.3. The van der Waals surface area contributed by atoms with Crippen molar-refractivity contribution in [3.05, 3.63) is 15.3 Å². The molecule has 5 nitrogen and oxygen atoms in total. The second-order valence-corrected chi connectivity index (χ2v) is 0.224. The second kappa shape index (κ2) is 9.04. The third kappa shape index (κ3) is 326. The molecule has 45 valence electrons. The molecule has 0 rings (SSSR count). The Morgan fingerprint density at radius 1 is 1.33 bits per heavy atom. The zero-order valence-corrected chi connectivity index (χ0v) is 4.23. The minimum absolute atomic E-state index is 0. The summed E-state index contributed by atoms with van der Waals surface area (Å²) in [5, 5.41) is 14.8. The molecule has 0 atom stereocenters. The van der Waals surface area contributed by atoms with E-state index in [1.54, 1.807) is 0 Å². The first-order valence-corrected chi connectivity index (χ1v) is 0.548. The van der Waals surface area contributed by atoms with Crippen molar-refractivity contribution in [1.29, 1.82) is 0 Å². The molecule has 1 radical (unpaired) electrons. The molecule has 0 spiro atoms. The standard InChI is InChI=1S/NO3.H2O.Tm/c2-1(3)4;;/h;1H2;/q-1;;. The maximum Gasteiger partial charge on any atom is 0.0689 e. The number of nitrogens with zero attached hydrogens (tertiary/aromatic N) is 1. The molecule has 0 aliphatic carbocycles. The van der Waals surface area contributed by atoms with Gasteiger partial charge < -0.3 is 20.8 Å². The summed E-state index contributed by atoms with van der Waals surface area (Å²) in [7, 11) is 0. The normalized spacial score (nSPS) is 4.00. The first-order valence-electron chi connectivity index (χ1n) is 0.548. The van der Waals surface area contributed by atoms with E-state index in [1.165, 1.54) is 0 Å². The van der Waals surface area contributed by atoms with Crippen LogP contribution in [0, 0.1) is 52.2 Å². The van der Waals surface area contributed by atoms with Crippen LogP contribution in [0.4, 0.5) is 0 Å². The molecule has 0 aromatic carbocycles. The van der Waals surface area contributed by atoms with Crippen LogP contribution in [0.25, 0.3) is 0 Å². The molecular formula is H2NO4Tm-. The van der Waals surface area contributed by atoms with Gasteiger partial charge in [0.05, 0.1) is 5.09 Å². The summed E-state index contributed by atoms with van der Waals surface area (Å²) in [6.07, 6.45) is 0. The molecule has 0 aromatic rings. The Bertz CT molecular complexity index is 30.5. The summed E-state index contributed by atoms with van der Waals surface area (Å²) in [5.74, 6) is 0. The van der Waals surface area contributed by atoms with Gasteiger partial charge in [0.15, 0.2) is 0 Å². The minimum atomic E-state index is -1.75. The maximum atomic E-state index is 8.25. The molecule has 0 fully saturated rings. The fourth-order valence-electron chi connectivity index (χ4n) is 0. The average molecular weight is 249 g/mol. The van der Waals surface area contributed by atoms with Gasteiger partial charge in [-0.2, -0.15) is 0 Å². The van der Waals surface area contributed by atoms with E-state index in [9.17, 15) is 0 Å². The Balaban J connectivity index is -0.0000000450. The Morgan fingerprint density at radius 2 is 1.33 bits per heavy atom. The van der Waals surface area contributed by atoms with Crippen LogP contribution in [0.2, 0.25) is 0 Å². The summed E-state index contributed by atoms with van der Waals surface area (Å²) in [6.45, 7) is 0. The van der Waals surface area contributed by atoms with Gasteiger partial charge in [-0.1, -0.05) is 0 Å². The van der Waals surface area contributed by atoms with Gasteiger partial charge in [-0.3, -0.25) is 0 Å².